The Labute approximate surface area is 87.8 Å². The standard InChI is InChI=1S/C12H10N3/c13-11-7-3-1-5-9(11)10-6-2-4-8-12(10)15-14/h1-8H,13H2/q+1. The summed E-state index contributed by atoms with van der Waals surface area (Å²) in [5.41, 5.74) is 8.76. The highest BCUT2D eigenvalue weighted by atomic mass is 14.8. The lowest BCUT2D eigenvalue weighted by atomic mass is 10.0. The van der Waals surface area contributed by atoms with E-state index in [0.29, 0.717) is 11.4 Å². The molecule has 0 saturated heterocycles. The zero-order valence-electron chi connectivity index (χ0n) is 8.09. The fourth-order valence-corrected chi connectivity index (χ4v) is 1.53. The molecule has 3 heteroatoms. The molecule has 72 valence electrons. The lowest BCUT2D eigenvalue weighted by molar-refractivity contribution is 1.46. The molecule has 0 bridgehead atoms. The molecule has 0 aromatic heterocycles. The molecule has 2 aromatic rings. The van der Waals surface area contributed by atoms with E-state index in [1.807, 2.05) is 42.5 Å². The van der Waals surface area contributed by atoms with Crippen LogP contribution in [0.2, 0.25) is 0 Å². The monoisotopic (exact) mass is 196 g/mol. The lowest BCUT2D eigenvalue weighted by Gasteiger charge is -2.02. The number of hydrogen-bond donors (Lipinski definition) is 1. The predicted octanol–water partition coefficient (Wildman–Crippen LogP) is 3.42. The Balaban J connectivity index is 2.65. The van der Waals surface area contributed by atoms with Crippen molar-refractivity contribution in [3.8, 4) is 11.1 Å². The van der Waals surface area contributed by atoms with E-state index in [0.717, 1.165) is 11.1 Å². The van der Waals surface area contributed by atoms with Gasteiger partial charge in [-0.2, -0.15) is 0 Å². The van der Waals surface area contributed by atoms with Crippen LogP contribution in [0.3, 0.4) is 0 Å². The molecule has 0 aliphatic rings. The largest absolute Gasteiger partial charge is 0.398 e. The van der Waals surface area contributed by atoms with E-state index in [1.54, 1.807) is 6.07 Å². The maximum atomic E-state index is 8.85. The minimum absolute atomic E-state index is 0.524. The number of diazo groups is 1. The minimum Gasteiger partial charge on any atom is -0.398 e. The van der Waals surface area contributed by atoms with Crippen molar-refractivity contribution >= 4 is 11.4 Å². The summed E-state index contributed by atoms with van der Waals surface area (Å²) >= 11 is 0. The molecular formula is C12H10N3+. The number of nitrogen functional groups attached to an aromatic ring is 1. The van der Waals surface area contributed by atoms with Gasteiger partial charge >= 0.3 is 5.69 Å². The Morgan fingerprint density at radius 2 is 1.47 bits per heavy atom. The maximum absolute atomic E-state index is 8.85. The third-order valence-electron chi connectivity index (χ3n) is 2.26. The highest BCUT2D eigenvalue weighted by Gasteiger charge is 2.15. The van der Waals surface area contributed by atoms with Crippen LogP contribution in [0, 0.1) is 5.39 Å². The van der Waals surface area contributed by atoms with Gasteiger partial charge in [0.2, 0.25) is 5.39 Å². The fraction of sp³-hybridized carbons (Fsp3) is 0. The van der Waals surface area contributed by atoms with Crippen LogP contribution in [-0.4, -0.2) is 0 Å². The highest BCUT2D eigenvalue weighted by molar-refractivity contribution is 5.85. The molecule has 0 amide bonds. The summed E-state index contributed by atoms with van der Waals surface area (Å²) in [7, 11) is 0. The van der Waals surface area contributed by atoms with Gasteiger partial charge in [-0.05, 0) is 12.1 Å². The lowest BCUT2D eigenvalue weighted by Crippen LogP contribution is -1.88. The average molecular weight is 196 g/mol. The van der Waals surface area contributed by atoms with E-state index in [4.69, 9.17) is 11.1 Å². The number of anilines is 1. The third-order valence-corrected chi connectivity index (χ3v) is 2.26. The summed E-state index contributed by atoms with van der Waals surface area (Å²) in [4.78, 5) is 3.23. The van der Waals surface area contributed by atoms with Crippen molar-refractivity contribution in [1.29, 1.82) is 5.39 Å². The number of rotatable bonds is 1. The summed E-state index contributed by atoms with van der Waals surface area (Å²) in [6, 6.07) is 14.8. The van der Waals surface area contributed by atoms with Crippen LogP contribution < -0.4 is 5.73 Å². The van der Waals surface area contributed by atoms with Gasteiger partial charge in [0.15, 0.2) is 4.98 Å². The first-order valence-corrected chi connectivity index (χ1v) is 4.62. The summed E-state index contributed by atoms with van der Waals surface area (Å²) in [5, 5.41) is 8.85. The second kappa shape index (κ2) is 3.81. The number of nitrogens with two attached hydrogens (primary N) is 1. The summed E-state index contributed by atoms with van der Waals surface area (Å²) in [6.07, 6.45) is 0. The molecule has 0 heterocycles. The Hall–Kier alpha value is -2.34. The van der Waals surface area contributed by atoms with Gasteiger partial charge in [-0.25, -0.2) is 0 Å². The average Bonchev–Trinajstić information content (AvgIpc) is 2.30. The molecule has 2 aromatic carbocycles. The van der Waals surface area contributed by atoms with Gasteiger partial charge in [-0.1, -0.05) is 30.3 Å². The number of nitrogens with zero attached hydrogens (tertiary/aromatic N) is 2. The van der Waals surface area contributed by atoms with Crippen molar-refractivity contribution in [1.82, 2.24) is 0 Å². The molecule has 0 fully saturated rings. The molecule has 15 heavy (non-hydrogen) atoms. The van der Waals surface area contributed by atoms with Crippen molar-refractivity contribution in [3.05, 3.63) is 53.5 Å². The summed E-state index contributed by atoms with van der Waals surface area (Å²) < 4.78 is 0. The number of hydrogen-bond acceptors (Lipinski definition) is 2. The molecule has 0 unspecified atom stereocenters. The fourth-order valence-electron chi connectivity index (χ4n) is 1.53. The Morgan fingerprint density at radius 1 is 0.867 bits per heavy atom. The summed E-state index contributed by atoms with van der Waals surface area (Å²) in [5.74, 6) is 0. The van der Waals surface area contributed by atoms with Gasteiger partial charge in [0.1, 0.15) is 0 Å². The molecule has 0 aliphatic heterocycles. The van der Waals surface area contributed by atoms with Crippen LogP contribution >= 0.6 is 0 Å². The van der Waals surface area contributed by atoms with Crippen LogP contribution in [0.25, 0.3) is 16.1 Å². The predicted molar refractivity (Wildman–Crippen MR) is 61.0 cm³/mol. The Kier molecular flexibility index (Phi) is 2.34. The van der Waals surface area contributed by atoms with Crippen LogP contribution in [0.4, 0.5) is 11.4 Å². The molecule has 3 nitrogen and oxygen atoms in total. The van der Waals surface area contributed by atoms with Crippen molar-refractivity contribution in [2.75, 3.05) is 5.73 Å². The number of benzene rings is 2. The summed E-state index contributed by atoms with van der Waals surface area (Å²) in [6.45, 7) is 0. The molecular weight excluding hydrogens is 186 g/mol. The Morgan fingerprint density at radius 3 is 2.13 bits per heavy atom. The third kappa shape index (κ3) is 1.65. The molecule has 2 N–H and O–H groups in total. The van der Waals surface area contributed by atoms with Gasteiger partial charge in [0.25, 0.3) is 0 Å². The quantitative estimate of drug-likeness (QED) is 0.561. The van der Waals surface area contributed by atoms with Crippen molar-refractivity contribution < 1.29 is 0 Å². The van der Waals surface area contributed by atoms with Crippen LogP contribution in [0.1, 0.15) is 0 Å². The molecule has 2 rings (SSSR count). The number of para-hydroxylation sites is 1. The van der Waals surface area contributed by atoms with E-state index >= 15 is 0 Å². The Bertz CT molecular complexity index is 526. The van der Waals surface area contributed by atoms with Crippen molar-refractivity contribution in [3.63, 3.8) is 0 Å². The van der Waals surface area contributed by atoms with Crippen molar-refractivity contribution in [2.45, 2.75) is 0 Å². The van der Waals surface area contributed by atoms with E-state index in [1.165, 1.54) is 0 Å². The van der Waals surface area contributed by atoms with Gasteiger partial charge in [-0.3, -0.25) is 0 Å². The van der Waals surface area contributed by atoms with Gasteiger partial charge in [-0.15, -0.1) is 0 Å². The SMILES string of the molecule is N#[N+]c1ccccc1-c1ccccc1N. The zero-order valence-corrected chi connectivity index (χ0v) is 8.09. The van der Waals surface area contributed by atoms with E-state index in [-0.39, 0.29) is 0 Å². The first kappa shape index (κ1) is 9.22. The van der Waals surface area contributed by atoms with Crippen LogP contribution in [0.15, 0.2) is 48.5 Å². The zero-order chi connectivity index (χ0) is 10.7. The van der Waals surface area contributed by atoms with Crippen LogP contribution in [0.5, 0.6) is 0 Å². The normalized spacial score (nSPS) is 9.53. The first-order valence-electron chi connectivity index (χ1n) is 4.62. The van der Waals surface area contributed by atoms with E-state index in [2.05, 4.69) is 4.98 Å². The van der Waals surface area contributed by atoms with E-state index < -0.39 is 0 Å². The molecule has 0 saturated carbocycles. The smallest absolute Gasteiger partial charge is 0.392 e. The molecule has 0 aliphatic carbocycles. The van der Waals surface area contributed by atoms with Gasteiger partial charge in [0.05, 0.1) is 5.56 Å². The second-order valence-corrected chi connectivity index (χ2v) is 3.20. The molecule has 0 radical (unpaired) electrons. The van der Waals surface area contributed by atoms with Gasteiger partial charge in [0, 0.05) is 17.3 Å². The molecule has 0 spiro atoms. The molecule has 0 atom stereocenters. The van der Waals surface area contributed by atoms with Crippen molar-refractivity contribution in [2.24, 2.45) is 0 Å². The van der Waals surface area contributed by atoms with Gasteiger partial charge < -0.3 is 5.73 Å². The van der Waals surface area contributed by atoms with Crippen LogP contribution in [-0.2, 0) is 0 Å². The first-order chi connectivity index (χ1) is 7.33. The minimum atomic E-state index is 0.524. The highest BCUT2D eigenvalue weighted by Crippen LogP contribution is 2.33. The topological polar surface area (TPSA) is 54.2 Å². The second-order valence-electron chi connectivity index (χ2n) is 3.20. The maximum Gasteiger partial charge on any atom is 0.392 e. The van der Waals surface area contributed by atoms with E-state index in [9.17, 15) is 0 Å².